The minimum absolute atomic E-state index is 0.239. The van der Waals surface area contributed by atoms with Crippen molar-refractivity contribution in [3.05, 3.63) is 35.4 Å². The van der Waals surface area contributed by atoms with Gasteiger partial charge in [0.25, 0.3) is 0 Å². The van der Waals surface area contributed by atoms with Gasteiger partial charge in [0.15, 0.2) is 0 Å². The zero-order chi connectivity index (χ0) is 17.7. The fourth-order valence-corrected chi connectivity index (χ4v) is 3.27. The third-order valence-corrected chi connectivity index (χ3v) is 4.50. The molecule has 0 bridgehead atoms. The van der Waals surface area contributed by atoms with Crippen LogP contribution in [0, 0.1) is 0 Å². The van der Waals surface area contributed by atoms with Gasteiger partial charge in [-0.1, -0.05) is 36.0 Å². The second kappa shape index (κ2) is 7.78. The molecule has 0 fully saturated rings. The van der Waals surface area contributed by atoms with Crippen LogP contribution in [0.3, 0.4) is 0 Å². The molecular formula is C15H17F3N2O3S. The summed E-state index contributed by atoms with van der Waals surface area (Å²) in [6.45, 7) is 0. The zero-order valence-electron chi connectivity index (χ0n) is 12.6. The smallest absolute Gasteiger partial charge is 0.441 e. The Morgan fingerprint density at radius 3 is 2.71 bits per heavy atom. The Morgan fingerprint density at radius 2 is 2.04 bits per heavy atom. The molecule has 24 heavy (non-hydrogen) atoms. The number of alkyl halides is 3. The monoisotopic (exact) mass is 362 g/mol. The summed E-state index contributed by atoms with van der Waals surface area (Å²) in [5.41, 5.74) is -2.34. The summed E-state index contributed by atoms with van der Waals surface area (Å²) >= 11 is -0.275. The van der Waals surface area contributed by atoms with Crippen LogP contribution < -0.4 is 10.6 Å². The van der Waals surface area contributed by atoms with Gasteiger partial charge in [-0.25, -0.2) is 4.79 Å². The van der Waals surface area contributed by atoms with Crippen LogP contribution in [0.1, 0.15) is 30.0 Å². The quantitative estimate of drug-likeness (QED) is 0.727. The predicted octanol–water partition coefficient (Wildman–Crippen LogP) is 3.07. The van der Waals surface area contributed by atoms with Crippen LogP contribution in [-0.2, 0) is 11.2 Å². The van der Waals surface area contributed by atoms with Crippen molar-refractivity contribution in [2.45, 2.75) is 36.9 Å². The summed E-state index contributed by atoms with van der Waals surface area (Å²) in [6, 6.07) is 6.11. The average molecular weight is 362 g/mol. The summed E-state index contributed by atoms with van der Waals surface area (Å²) in [7, 11) is 0. The first kappa shape index (κ1) is 18.4. The third-order valence-electron chi connectivity index (χ3n) is 3.74. The van der Waals surface area contributed by atoms with E-state index in [-0.39, 0.29) is 24.2 Å². The van der Waals surface area contributed by atoms with Crippen LogP contribution in [0.15, 0.2) is 24.3 Å². The number of halogens is 3. The van der Waals surface area contributed by atoms with Gasteiger partial charge >= 0.3 is 11.6 Å². The van der Waals surface area contributed by atoms with Gasteiger partial charge in [-0.2, -0.15) is 13.2 Å². The molecule has 0 saturated heterocycles. The third kappa shape index (κ3) is 5.33. The first-order valence-corrected chi connectivity index (χ1v) is 8.33. The summed E-state index contributed by atoms with van der Waals surface area (Å²) in [5.74, 6) is -1.01. The maximum absolute atomic E-state index is 12.3. The second-order valence-electron chi connectivity index (χ2n) is 5.38. The Balaban J connectivity index is 1.96. The Kier molecular flexibility index (Phi) is 5.98. The number of carbonyl (C=O) groups is 2. The summed E-state index contributed by atoms with van der Waals surface area (Å²) in [5, 5.41) is 13.5. The lowest BCUT2D eigenvalue weighted by Crippen LogP contribution is -2.47. The molecule has 0 saturated carbocycles. The molecule has 2 atom stereocenters. The topological polar surface area (TPSA) is 78.4 Å². The normalized spacial score (nSPS) is 17.9. The average Bonchev–Trinajstić information content (AvgIpc) is 2.88. The number of hydrogen-bond acceptors (Lipinski definition) is 3. The Hall–Kier alpha value is -1.90. The van der Waals surface area contributed by atoms with Gasteiger partial charge in [-0.05, 0) is 30.4 Å². The van der Waals surface area contributed by atoms with Gasteiger partial charge < -0.3 is 15.7 Å². The molecule has 2 amide bonds. The van der Waals surface area contributed by atoms with Gasteiger partial charge in [0, 0.05) is 5.75 Å². The Bertz CT molecular complexity index is 610. The van der Waals surface area contributed by atoms with Crippen molar-refractivity contribution < 1.29 is 27.9 Å². The lowest BCUT2D eigenvalue weighted by atomic mass is 10.1. The number of amides is 2. The van der Waals surface area contributed by atoms with Crippen LogP contribution in [0.2, 0.25) is 0 Å². The van der Waals surface area contributed by atoms with Gasteiger partial charge in [0.1, 0.15) is 6.04 Å². The van der Waals surface area contributed by atoms with Crippen molar-refractivity contribution in [3.8, 4) is 0 Å². The van der Waals surface area contributed by atoms with Crippen LogP contribution >= 0.6 is 11.8 Å². The van der Waals surface area contributed by atoms with Gasteiger partial charge in [-0.3, -0.25) is 4.79 Å². The van der Waals surface area contributed by atoms with Crippen LogP contribution in [0.4, 0.5) is 18.0 Å². The molecular weight excluding hydrogens is 345 g/mol. The highest BCUT2D eigenvalue weighted by Crippen LogP contribution is 2.32. The second-order valence-corrected chi connectivity index (χ2v) is 6.54. The zero-order valence-corrected chi connectivity index (χ0v) is 13.4. The van der Waals surface area contributed by atoms with Crippen molar-refractivity contribution in [2.24, 2.45) is 0 Å². The fourth-order valence-electron chi connectivity index (χ4n) is 2.69. The molecule has 132 valence electrons. The van der Waals surface area contributed by atoms with Gasteiger partial charge in [0.2, 0.25) is 5.91 Å². The van der Waals surface area contributed by atoms with Crippen molar-refractivity contribution in [1.82, 2.24) is 10.6 Å². The highest BCUT2D eigenvalue weighted by molar-refractivity contribution is 8.00. The molecule has 1 unspecified atom stereocenters. The van der Waals surface area contributed by atoms with E-state index in [1.165, 1.54) is 0 Å². The van der Waals surface area contributed by atoms with Gasteiger partial charge in [-0.15, -0.1) is 0 Å². The van der Waals surface area contributed by atoms with Crippen molar-refractivity contribution in [1.29, 1.82) is 0 Å². The maximum Gasteiger partial charge on any atom is 0.441 e. The number of nitrogens with one attached hydrogen (secondary N) is 2. The first-order chi connectivity index (χ1) is 11.3. The number of hydrogen-bond donors (Lipinski definition) is 3. The van der Waals surface area contributed by atoms with E-state index in [0.29, 0.717) is 6.42 Å². The molecule has 1 aromatic rings. The largest absolute Gasteiger partial charge is 0.465 e. The lowest BCUT2D eigenvalue weighted by Gasteiger charge is -2.20. The maximum atomic E-state index is 12.3. The molecule has 1 aromatic carbocycles. The van der Waals surface area contributed by atoms with E-state index in [9.17, 15) is 22.8 Å². The number of rotatable bonds is 6. The lowest BCUT2D eigenvalue weighted by molar-refractivity contribution is -0.123. The molecule has 3 N–H and O–H groups in total. The highest BCUT2D eigenvalue weighted by atomic mass is 32.2. The SMILES string of the molecule is O=C(O)N[C@@H](CCSC(F)(F)F)C(=O)NC1CCc2ccccc21. The molecule has 0 heterocycles. The van der Waals surface area contributed by atoms with E-state index in [1.54, 1.807) is 0 Å². The highest BCUT2D eigenvalue weighted by Gasteiger charge is 2.31. The minimum atomic E-state index is -4.41. The summed E-state index contributed by atoms with van der Waals surface area (Å²) in [6.07, 6.45) is -0.208. The molecule has 0 radical (unpaired) electrons. The molecule has 1 aliphatic carbocycles. The molecule has 9 heteroatoms. The molecule has 0 aromatic heterocycles. The van der Waals surface area contributed by atoms with Crippen LogP contribution in [-0.4, -0.2) is 34.4 Å². The van der Waals surface area contributed by atoms with Crippen molar-refractivity contribution in [3.63, 3.8) is 0 Å². The number of carbonyl (C=O) groups excluding carboxylic acids is 1. The van der Waals surface area contributed by atoms with E-state index < -0.39 is 29.3 Å². The number of fused-ring (bicyclic) bond motifs is 1. The van der Waals surface area contributed by atoms with Gasteiger partial charge in [0.05, 0.1) is 6.04 Å². The van der Waals surface area contributed by atoms with Crippen LogP contribution in [0.5, 0.6) is 0 Å². The standard InChI is InChI=1S/C15H17F3N2O3S/c16-15(17,18)24-8-7-12(20-14(22)23)13(21)19-11-6-5-9-3-1-2-4-10(9)11/h1-4,11-12,20H,5-8H2,(H,19,21)(H,22,23)/t11?,12-/m0/s1. The van der Waals surface area contributed by atoms with E-state index in [4.69, 9.17) is 5.11 Å². The number of aryl methyl sites for hydroxylation is 1. The molecule has 2 rings (SSSR count). The van der Waals surface area contributed by atoms with Crippen molar-refractivity contribution in [2.75, 3.05) is 5.75 Å². The van der Waals surface area contributed by atoms with E-state index >= 15 is 0 Å². The number of thioether (sulfide) groups is 1. The number of carboxylic acid groups (broad SMARTS) is 1. The fraction of sp³-hybridized carbons (Fsp3) is 0.467. The molecule has 0 spiro atoms. The predicted molar refractivity (Wildman–Crippen MR) is 83.7 cm³/mol. The number of benzene rings is 1. The summed E-state index contributed by atoms with van der Waals surface area (Å²) < 4.78 is 36.6. The minimum Gasteiger partial charge on any atom is -0.465 e. The Morgan fingerprint density at radius 1 is 1.33 bits per heavy atom. The molecule has 0 aliphatic heterocycles. The van der Waals surface area contributed by atoms with Crippen LogP contribution in [0.25, 0.3) is 0 Å². The van der Waals surface area contributed by atoms with E-state index in [1.807, 2.05) is 29.6 Å². The molecule has 5 nitrogen and oxygen atoms in total. The Labute approximate surface area is 141 Å². The molecule has 1 aliphatic rings. The summed E-state index contributed by atoms with van der Waals surface area (Å²) in [4.78, 5) is 23.1. The first-order valence-electron chi connectivity index (χ1n) is 7.34. The van der Waals surface area contributed by atoms with E-state index in [2.05, 4.69) is 5.32 Å². The van der Waals surface area contributed by atoms with Crippen molar-refractivity contribution >= 4 is 23.8 Å². The van der Waals surface area contributed by atoms with E-state index in [0.717, 1.165) is 17.5 Å².